The zero-order valence-electron chi connectivity index (χ0n) is 16.3. The maximum absolute atomic E-state index is 12.9. The molecule has 0 aliphatic carbocycles. The molecule has 2 aromatic rings. The molecule has 0 bridgehead atoms. The minimum atomic E-state index is -4.42. The van der Waals surface area contributed by atoms with E-state index in [2.05, 4.69) is 20.4 Å². The second-order valence-corrected chi connectivity index (χ2v) is 6.60. The van der Waals surface area contributed by atoms with Crippen LogP contribution in [0.2, 0.25) is 0 Å². The van der Waals surface area contributed by atoms with Crippen molar-refractivity contribution in [1.29, 1.82) is 0 Å². The fourth-order valence-electron chi connectivity index (χ4n) is 3.01. The largest absolute Gasteiger partial charge is 0.416 e. The number of halogens is 5. The summed E-state index contributed by atoms with van der Waals surface area (Å²) in [5.41, 5.74) is -0.500. The molecule has 30 heavy (non-hydrogen) atoms. The third-order valence-corrected chi connectivity index (χ3v) is 4.59. The van der Waals surface area contributed by atoms with Gasteiger partial charge in [-0.05, 0) is 19.2 Å². The summed E-state index contributed by atoms with van der Waals surface area (Å²) in [4.78, 5) is 20.1. The smallest absolute Gasteiger partial charge is 0.340 e. The molecule has 1 aliphatic heterocycles. The number of carbonyl (C=O) groups is 1. The fraction of sp³-hybridized carbons (Fsp3) is 0.500. The summed E-state index contributed by atoms with van der Waals surface area (Å²) in [6.07, 6.45) is -3.95. The predicted molar refractivity (Wildman–Crippen MR) is 110 cm³/mol. The molecule has 0 atom stereocenters. The molecule has 1 fully saturated rings. The molecule has 3 rings (SSSR count). The second-order valence-electron chi connectivity index (χ2n) is 6.60. The van der Waals surface area contributed by atoms with E-state index in [9.17, 15) is 18.0 Å². The van der Waals surface area contributed by atoms with Crippen molar-refractivity contribution in [2.45, 2.75) is 19.1 Å². The first-order valence-corrected chi connectivity index (χ1v) is 9.02. The second kappa shape index (κ2) is 11.5. The van der Waals surface area contributed by atoms with Crippen LogP contribution < -0.4 is 5.32 Å². The molecule has 0 unspecified atom stereocenters. The van der Waals surface area contributed by atoms with Crippen LogP contribution in [0.25, 0.3) is 11.4 Å². The van der Waals surface area contributed by atoms with E-state index >= 15 is 0 Å². The van der Waals surface area contributed by atoms with Gasteiger partial charge in [-0.15, -0.1) is 24.8 Å². The van der Waals surface area contributed by atoms with E-state index in [0.29, 0.717) is 51.6 Å². The Labute approximate surface area is 184 Å². The first-order chi connectivity index (χ1) is 13.4. The number of hydrogen-bond acceptors (Lipinski definition) is 6. The summed E-state index contributed by atoms with van der Waals surface area (Å²) in [6.45, 7) is 3.64. The third-order valence-electron chi connectivity index (χ3n) is 4.59. The zero-order chi connectivity index (χ0) is 20.1. The summed E-state index contributed by atoms with van der Waals surface area (Å²) in [7, 11) is 1.81. The van der Waals surface area contributed by atoms with Crippen molar-refractivity contribution in [3.05, 3.63) is 35.7 Å². The number of amides is 1. The first kappa shape index (κ1) is 26.2. The molecule has 1 aromatic carbocycles. The van der Waals surface area contributed by atoms with Crippen LogP contribution in [-0.4, -0.2) is 65.6 Å². The summed E-state index contributed by atoms with van der Waals surface area (Å²) >= 11 is 0. The average molecular weight is 470 g/mol. The molecule has 1 saturated heterocycles. The standard InChI is InChI=1S/C18H22F3N5O2.2ClH/c1-22-6-5-16(27)26-9-7-25(8-10-26)12-15-23-17(24-28-15)13-3-2-4-14(11-13)18(19,20)21;;/h2-4,11,22H,5-10,12H2,1H3;2*1H. The van der Waals surface area contributed by atoms with Gasteiger partial charge in [0, 0.05) is 44.7 Å². The normalized spacial score (nSPS) is 14.7. The van der Waals surface area contributed by atoms with Crippen molar-refractivity contribution in [3.8, 4) is 11.4 Å². The quantitative estimate of drug-likeness (QED) is 0.700. The maximum Gasteiger partial charge on any atom is 0.416 e. The van der Waals surface area contributed by atoms with Crippen LogP contribution in [0.4, 0.5) is 13.2 Å². The SMILES string of the molecule is CNCCC(=O)N1CCN(Cc2nc(-c3cccc(C(F)(F)F)c3)no2)CC1.Cl.Cl. The van der Waals surface area contributed by atoms with E-state index in [1.807, 2.05) is 11.9 Å². The average Bonchev–Trinajstić information content (AvgIpc) is 3.14. The van der Waals surface area contributed by atoms with Gasteiger partial charge < -0.3 is 14.7 Å². The fourth-order valence-corrected chi connectivity index (χ4v) is 3.01. The molecule has 1 aromatic heterocycles. The van der Waals surface area contributed by atoms with E-state index in [0.717, 1.165) is 12.1 Å². The highest BCUT2D eigenvalue weighted by molar-refractivity contribution is 5.85. The highest BCUT2D eigenvalue weighted by Gasteiger charge is 2.31. The number of carbonyl (C=O) groups excluding carboxylic acids is 1. The van der Waals surface area contributed by atoms with E-state index in [4.69, 9.17) is 4.52 Å². The summed E-state index contributed by atoms with van der Waals surface area (Å²) in [5.74, 6) is 0.586. The number of nitrogens with zero attached hydrogens (tertiary/aromatic N) is 4. The molecule has 1 amide bonds. The maximum atomic E-state index is 12.9. The molecule has 1 aliphatic rings. The van der Waals surface area contributed by atoms with Crippen LogP contribution in [0.5, 0.6) is 0 Å². The van der Waals surface area contributed by atoms with Crippen LogP contribution in [0.3, 0.4) is 0 Å². The lowest BCUT2D eigenvalue weighted by Crippen LogP contribution is -2.48. The van der Waals surface area contributed by atoms with Gasteiger partial charge in [-0.25, -0.2) is 0 Å². The third kappa shape index (κ3) is 6.83. The molecule has 0 spiro atoms. The lowest BCUT2D eigenvalue weighted by Gasteiger charge is -2.34. The molecule has 12 heteroatoms. The van der Waals surface area contributed by atoms with Crippen molar-refractivity contribution < 1.29 is 22.5 Å². The van der Waals surface area contributed by atoms with Crippen LogP contribution in [0.1, 0.15) is 17.9 Å². The van der Waals surface area contributed by atoms with Gasteiger partial charge in [0.25, 0.3) is 0 Å². The van der Waals surface area contributed by atoms with Gasteiger partial charge in [-0.3, -0.25) is 9.69 Å². The van der Waals surface area contributed by atoms with Crippen molar-refractivity contribution in [2.24, 2.45) is 0 Å². The Morgan fingerprint density at radius 1 is 1.20 bits per heavy atom. The Hall–Kier alpha value is -1.88. The van der Waals surface area contributed by atoms with Crippen molar-refractivity contribution in [2.75, 3.05) is 39.8 Å². The van der Waals surface area contributed by atoms with E-state index in [1.165, 1.54) is 12.1 Å². The van der Waals surface area contributed by atoms with Crippen molar-refractivity contribution in [1.82, 2.24) is 25.3 Å². The molecule has 1 N–H and O–H groups in total. The number of piperazine rings is 1. The lowest BCUT2D eigenvalue weighted by atomic mass is 10.1. The van der Waals surface area contributed by atoms with Gasteiger partial charge in [0.15, 0.2) is 0 Å². The zero-order valence-corrected chi connectivity index (χ0v) is 17.9. The number of alkyl halides is 3. The lowest BCUT2D eigenvalue weighted by molar-refractivity contribution is -0.137. The highest BCUT2D eigenvalue weighted by Crippen LogP contribution is 2.31. The summed E-state index contributed by atoms with van der Waals surface area (Å²) in [6, 6.07) is 4.84. The number of nitrogens with one attached hydrogen (secondary N) is 1. The molecule has 168 valence electrons. The van der Waals surface area contributed by atoms with Gasteiger partial charge in [-0.2, -0.15) is 18.2 Å². The van der Waals surface area contributed by atoms with Gasteiger partial charge >= 0.3 is 6.18 Å². The minimum absolute atomic E-state index is 0. The number of hydrogen-bond donors (Lipinski definition) is 1. The van der Waals surface area contributed by atoms with E-state index in [-0.39, 0.29) is 42.1 Å². The highest BCUT2D eigenvalue weighted by atomic mass is 35.5. The first-order valence-electron chi connectivity index (χ1n) is 9.02. The van der Waals surface area contributed by atoms with Gasteiger partial charge in [0.05, 0.1) is 12.1 Å². The van der Waals surface area contributed by atoms with Crippen LogP contribution in [0, 0.1) is 0 Å². The van der Waals surface area contributed by atoms with E-state index in [1.54, 1.807) is 0 Å². The Balaban J connectivity index is 0.00000225. The van der Waals surface area contributed by atoms with Gasteiger partial charge in [0.2, 0.25) is 17.6 Å². The monoisotopic (exact) mass is 469 g/mol. The van der Waals surface area contributed by atoms with Crippen LogP contribution in [-0.2, 0) is 17.5 Å². The Morgan fingerprint density at radius 2 is 1.90 bits per heavy atom. The molecule has 0 radical (unpaired) electrons. The Kier molecular flexibility index (Phi) is 10.0. The van der Waals surface area contributed by atoms with Gasteiger partial charge in [0.1, 0.15) is 0 Å². The predicted octanol–water partition coefficient (Wildman–Crippen LogP) is 2.85. The van der Waals surface area contributed by atoms with Crippen molar-refractivity contribution >= 4 is 30.7 Å². The number of rotatable bonds is 6. The Morgan fingerprint density at radius 3 is 2.53 bits per heavy atom. The Bertz CT molecular complexity index is 811. The van der Waals surface area contributed by atoms with Crippen LogP contribution >= 0.6 is 24.8 Å². The van der Waals surface area contributed by atoms with Gasteiger partial charge in [-0.1, -0.05) is 17.3 Å². The summed E-state index contributed by atoms with van der Waals surface area (Å²) in [5, 5.41) is 6.76. The molecule has 2 heterocycles. The van der Waals surface area contributed by atoms with Crippen LogP contribution in [0.15, 0.2) is 28.8 Å². The molecular formula is C18H24Cl2F3N5O2. The number of benzene rings is 1. The minimum Gasteiger partial charge on any atom is -0.340 e. The molecule has 7 nitrogen and oxygen atoms in total. The number of aromatic nitrogens is 2. The van der Waals surface area contributed by atoms with E-state index < -0.39 is 11.7 Å². The summed E-state index contributed by atoms with van der Waals surface area (Å²) < 4.78 is 43.8. The topological polar surface area (TPSA) is 74.5 Å². The molecular weight excluding hydrogens is 446 g/mol. The molecule has 0 saturated carbocycles. The van der Waals surface area contributed by atoms with Crippen molar-refractivity contribution in [3.63, 3.8) is 0 Å².